The minimum Gasteiger partial charge on any atom is -0.382 e. The number of aromatic nitrogens is 1. The van der Waals surface area contributed by atoms with Gasteiger partial charge in [0, 0.05) is 39.3 Å². The molecule has 21 heavy (non-hydrogen) atoms. The van der Waals surface area contributed by atoms with E-state index in [4.69, 9.17) is 11.5 Å². The lowest BCUT2D eigenvalue weighted by atomic mass is 10.1. The maximum absolute atomic E-state index is 12.4. The molecule has 1 unspecified atom stereocenters. The molecular formula is C13H24N6OS. The molecule has 7 nitrogen and oxygen atoms in total. The first-order valence-corrected chi connectivity index (χ1v) is 8.01. The smallest absolute Gasteiger partial charge is 0.267 e. The van der Waals surface area contributed by atoms with Crippen LogP contribution in [0.4, 0.5) is 10.9 Å². The van der Waals surface area contributed by atoms with Gasteiger partial charge in [-0.2, -0.15) is 0 Å². The number of thiazole rings is 1. The van der Waals surface area contributed by atoms with Crippen LogP contribution in [-0.4, -0.2) is 62.1 Å². The fourth-order valence-electron chi connectivity index (χ4n) is 2.35. The van der Waals surface area contributed by atoms with Gasteiger partial charge in [-0.1, -0.05) is 11.3 Å². The van der Waals surface area contributed by atoms with Gasteiger partial charge < -0.3 is 26.6 Å². The number of piperidine rings is 1. The van der Waals surface area contributed by atoms with E-state index in [1.807, 2.05) is 7.05 Å². The summed E-state index contributed by atoms with van der Waals surface area (Å²) >= 11 is 1.36. The van der Waals surface area contributed by atoms with Crippen LogP contribution in [0.5, 0.6) is 0 Å². The summed E-state index contributed by atoms with van der Waals surface area (Å²) < 4.78 is 0. The maximum Gasteiger partial charge on any atom is 0.267 e. The molecule has 0 aliphatic carbocycles. The average Bonchev–Trinajstić information content (AvgIpc) is 2.86. The Balaban J connectivity index is 2.09. The third-order valence-electron chi connectivity index (χ3n) is 3.61. The van der Waals surface area contributed by atoms with Crippen molar-refractivity contribution in [2.24, 2.45) is 5.73 Å². The van der Waals surface area contributed by atoms with Crippen LogP contribution >= 0.6 is 11.3 Å². The van der Waals surface area contributed by atoms with Gasteiger partial charge in [0.2, 0.25) is 0 Å². The topological polar surface area (TPSA) is 101 Å². The molecular weight excluding hydrogens is 288 g/mol. The Bertz CT molecular complexity index is 491. The highest BCUT2D eigenvalue weighted by Crippen LogP contribution is 2.30. The standard InChI is InChI=1S/C13H24N6OS/c1-16-5-7-18(2)12(20)10-11(15)17-13(21-10)19-6-3-4-9(14)8-19/h9,16H,3-8,14-15H2,1-2H3. The Morgan fingerprint density at radius 2 is 2.38 bits per heavy atom. The minimum atomic E-state index is -0.0761. The molecule has 2 rings (SSSR count). The molecule has 8 heteroatoms. The molecule has 1 atom stereocenters. The molecule has 1 aliphatic heterocycles. The molecule has 1 fully saturated rings. The number of likely N-dealkylation sites (N-methyl/N-ethyl adjacent to an activating group) is 2. The summed E-state index contributed by atoms with van der Waals surface area (Å²) in [6.45, 7) is 3.07. The van der Waals surface area contributed by atoms with Crippen molar-refractivity contribution < 1.29 is 4.79 Å². The van der Waals surface area contributed by atoms with Crippen molar-refractivity contribution in [2.75, 3.05) is 50.9 Å². The highest BCUT2D eigenvalue weighted by molar-refractivity contribution is 7.18. The van der Waals surface area contributed by atoms with E-state index in [0.717, 1.165) is 37.6 Å². The van der Waals surface area contributed by atoms with Gasteiger partial charge >= 0.3 is 0 Å². The Hall–Kier alpha value is -1.38. The predicted octanol–water partition coefficient (Wildman–Crippen LogP) is -0.0558. The number of rotatable bonds is 5. The number of nitrogens with two attached hydrogens (primary N) is 2. The lowest BCUT2D eigenvalue weighted by molar-refractivity contribution is 0.0802. The molecule has 5 N–H and O–H groups in total. The van der Waals surface area contributed by atoms with E-state index in [-0.39, 0.29) is 11.9 Å². The largest absolute Gasteiger partial charge is 0.382 e. The van der Waals surface area contributed by atoms with E-state index >= 15 is 0 Å². The predicted molar refractivity (Wildman–Crippen MR) is 86.8 cm³/mol. The number of hydrogen-bond acceptors (Lipinski definition) is 7. The number of hydrogen-bond donors (Lipinski definition) is 3. The van der Waals surface area contributed by atoms with Crippen LogP contribution in [0, 0.1) is 0 Å². The molecule has 0 radical (unpaired) electrons. The molecule has 1 saturated heterocycles. The summed E-state index contributed by atoms with van der Waals surface area (Å²) in [7, 11) is 3.63. The fraction of sp³-hybridized carbons (Fsp3) is 0.692. The number of anilines is 2. The zero-order valence-electron chi connectivity index (χ0n) is 12.6. The van der Waals surface area contributed by atoms with Crippen molar-refractivity contribution in [1.29, 1.82) is 0 Å². The van der Waals surface area contributed by atoms with Crippen LogP contribution in [0.15, 0.2) is 0 Å². The normalized spacial score (nSPS) is 18.8. The van der Waals surface area contributed by atoms with Gasteiger partial charge in [-0.3, -0.25) is 4.79 Å². The van der Waals surface area contributed by atoms with Crippen LogP contribution < -0.4 is 21.7 Å². The number of nitrogens with one attached hydrogen (secondary N) is 1. The number of carbonyl (C=O) groups is 1. The van der Waals surface area contributed by atoms with Crippen molar-refractivity contribution in [3.63, 3.8) is 0 Å². The summed E-state index contributed by atoms with van der Waals surface area (Å²) in [4.78, 5) is 21.0. The Kier molecular flexibility index (Phi) is 5.38. The molecule has 0 aromatic carbocycles. The Morgan fingerprint density at radius 1 is 1.62 bits per heavy atom. The van der Waals surface area contributed by atoms with E-state index in [9.17, 15) is 4.79 Å². The molecule has 0 bridgehead atoms. The van der Waals surface area contributed by atoms with Crippen LogP contribution in [0.3, 0.4) is 0 Å². The second-order valence-electron chi connectivity index (χ2n) is 5.39. The lowest BCUT2D eigenvalue weighted by Gasteiger charge is -2.30. The first-order chi connectivity index (χ1) is 10.0. The van der Waals surface area contributed by atoms with Crippen molar-refractivity contribution in [2.45, 2.75) is 18.9 Å². The summed E-state index contributed by atoms with van der Waals surface area (Å²) in [5.74, 6) is 0.239. The monoisotopic (exact) mass is 312 g/mol. The zero-order valence-corrected chi connectivity index (χ0v) is 13.4. The van der Waals surface area contributed by atoms with Gasteiger partial charge in [-0.05, 0) is 19.9 Å². The van der Waals surface area contributed by atoms with E-state index in [2.05, 4.69) is 15.2 Å². The molecule has 1 aromatic rings. The number of nitrogen functional groups attached to an aromatic ring is 1. The molecule has 0 spiro atoms. The van der Waals surface area contributed by atoms with E-state index < -0.39 is 0 Å². The number of carbonyl (C=O) groups excluding carboxylic acids is 1. The molecule has 1 aliphatic rings. The maximum atomic E-state index is 12.4. The van der Waals surface area contributed by atoms with Crippen molar-refractivity contribution in [3.8, 4) is 0 Å². The van der Waals surface area contributed by atoms with Crippen molar-refractivity contribution >= 4 is 28.2 Å². The summed E-state index contributed by atoms with van der Waals surface area (Å²) in [5, 5.41) is 3.82. The first-order valence-electron chi connectivity index (χ1n) is 7.19. The van der Waals surface area contributed by atoms with Gasteiger partial charge in [0.25, 0.3) is 5.91 Å². The van der Waals surface area contributed by atoms with Crippen LogP contribution in [0.25, 0.3) is 0 Å². The molecule has 0 saturated carbocycles. The van der Waals surface area contributed by atoms with Crippen molar-refractivity contribution in [3.05, 3.63) is 4.88 Å². The van der Waals surface area contributed by atoms with Gasteiger partial charge in [0.05, 0.1) is 0 Å². The lowest BCUT2D eigenvalue weighted by Crippen LogP contribution is -2.42. The third-order valence-corrected chi connectivity index (χ3v) is 4.73. The van der Waals surface area contributed by atoms with Gasteiger partial charge in [-0.25, -0.2) is 4.98 Å². The quantitative estimate of drug-likeness (QED) is 0.704. The summed E-state index contributed by atoms with van der Waals surface area (Å²) in [6.07, 6.45) is 2.09. The number of amides is 1. The van der Waals surface area contributed by atoms with Gasteiger partial charge in [0.15, 0.2) is 5.13 Å². The van der Waals surface area contributed by atoms with Crippen LogP contribution in [-0.2, 0) is 0 Å². The molecule has 2 heterocycles. The minimum absolute atomic E-state index is 0.0761. The molecule has 1 amide bonds. The van der Waals surface area contributed by atoms with Crippen LogP contribution in [0.1, 0.15) is 22.5 Å². The summed E-state index contributed by atoms with van der Waals surface area (Å²) in [6, 6.07) is 0.168. The first kappa shape index (κ1) is 16.0. The molecule has 1 aromatic heterocycles. The highest BCUT2D eigenvalue weighted by Gasteiger charge is 2.24. The van der Waals surface area contributed by atoms with Gasteiger partial charge in [0.1, 0.15) is 10.7 Å². The van der Waals surface area contributed by atoms with E-state index in [0.29, 0.717) is 17.2 Å². The average molecular weight is 312 g/mol. The Labute approximate surface area is 129 Å². The third kappa shape index (κ3) is 3.84. The summed E-state index contributed by atoms with van der Waals surface area (Å²) in [5.41, 5.74) is 11.9. The van der Waals surface area contributed by atoms with E-state index in [1.165, 1.54) is 11.3 Å². The number of nitrogens with zero attached hydrogens (tertiary/aromatic N) is 3. The SMILES string of the molecule is CNCCN(C)C(=O)c1sc(N2CCCC(N)C2)nc1N. The fourth-order valence-corrected chi connectivity index (χ4v) is 3.36. The Morgan fingerprint density at radius 3 is 3.05 bits per heavy atom. The van der Waals surface area contributed by atoms with Crippen LogP contribution in [0.2, 0.25) is 0 Å². The van der Waals surface area contributed by atoms with Crippen molar-refractivity contribution in [1.82, 2.24) is 15.2 Å². The van der Waals surface area contributed by atoms with Gasteiger partial charge in [-0.15, -0.1) is 0 Å². The second-order valence-corrected chi connectivity index (χ2v) is 6.37. The second kappa shape index (κ2) is 7.06. The van der Waals surface area contributed by atoms with E-state index in [1.54, 1.807) is 11.9 Å². The molecule has 118 valence electrons. The highest BCUT2D eigenvalue weighted by atomic mass is 32.1. The zero-order chi connectivity index (χ0) is 15.4.